The number of hydrogen-bond acceptors (Lipinski definition) is 3. The monoisotopic (exact) mass is 385 g/mol. The maximum absolute atomic E-state index is 12.1. The van der Waals surface area contributed by atoms with Gasteiger partial charge in [0.1, 0.15) is 6.04 Å². The first-order valence-electron chi connectivity index (χ1n) is 9.63. The van der Waals surface area contributed by atoms with E-state index in [2.05, 4.69) is 35.3 Å². The smallest absolute Gasteiger partial charge is 0.240 e. The van der Waals surface area contributed by atoms with Gasteiger partial charge in [-0.2, -0.15) is 0 Å². The van der Waals surface area contributed by atoms with Crippen molar-refractivity contribution < 1.29 is 14.4 Å². The molecule has 0 heterocycles. The first-order chi connectivity index (χ1) is 13.3. The molecule has 0 aromatic heterocycles. The summed E-state index contributed by atoms with van der Waals surface area (Å²) < 4.78 is 0. The Labute approximate surface area is 166 Å². The molecule has 152 valence electrons. The lowest BCUT2D eigenvalue weighted by Crippen LogP contribution is -2.48. The van der Waals surface area contributed by atoms with Gasteiger partial charge in [-0.1, -0.05) is 69.7 Å². The van der Waals surface area contributed by atoms with E-state index < -0.39 is 11.9 Å². The molecular weight excluding hydrogens is 354 g/mol. The van der Waals surface area contributed by atoms with E-state index >= 15 is 0 Å². The molecule has 0 fully saturated rings. The molecule has 0 aliphatic carbocycles. The third-order valence-electron chi connectivity index (χ3n) is 4.64. The zero-order valence-corrected chi connectivity index (χ0v) is 16.9. The lowest BCUT2D eigenvalue weighted by atomic mass is 9.98. The number of fused-ring (bicyclic) bond motifs is 1. The molecule has 0 saturated heterocycles. The Morgan fingerprint density at radius 1 is 1.00 bits per heavy atom. The number of hydrogen-bond donors (Lipinski definition) is 3. The minimum atomic E-state index is -0.593. The van der Waals surface area contributed by atoms with E-state index in [9.17, 15) is 14.4 Å². The van der Waals surface area contributed by atoms with Gasteiger partial charge in [0.05, 0.1) is 0 Å². The Hall–Kier alpha value is -2.89. The Kier molecular flexibility index (Phi) is 9.71. The topological polar surface area (TPSA) is 115 Å². The van der Waals surface area contributed by atoms with Crippen LogP contribution in [0, 0.1) is 5.92 Å². The highest BCUT2D eigenvalue weighted by Gasteiger charge is 2.23. The average molecular weight is 386 g/mol. The second kappa shape index (κ2) is 11.7. The molecule has 0 bridgehead atoms. The third-order valence-corrected chi connectivity index (χ3v) is 4.64. The van der Waals surface area contributed by atoms with Gasteiger partial charge in [0.15, 0.2) is 0 Å². The van der Waals surface area contributed by atoms with E-state index in [4.69, 9.17) is 5.73 Å². The van der Waals surface area contributed by atoms with E-state index in [0.29, 0.717) is 19.3 Å². The highest BCUT2D eigenvalue weighted by Crippen LogP contribution is 2.16. The van der Waals surface area contributed by atoms with E-state index in [-0.39, 0.29) is 17.7 Å². The van der Waals surface area contributed by atoms with Crippen LogP contribution in [0.25, 0.3) is 10.8 Å². The van der Waals surface area contributed by atoms with E-state index in [1.807, 2.05) is 32.0 Å². The molecule has 0 radical (unpaired) electrons. The molecule has 2 unspecified atom stereocenters. The molecule has 6 heteroatoms. The predicted octanol–water partition coefficient (Wildman–Crippen LogP) is 2.67. The largest absolute Gasteiger partial charge is 0.370 e. The van der Waals surface area contributed by atoms with Crippen molar-refractivity contribution in [2.24, 2.45) is 17.4 Å². The van der Waals surface area contributed by atoms with E-state index in [1.165, 1.54) is 10.8 Å². The molecule has 28 heavy (non-hydrogen) atoms. The van der Waals surface area contributed by atoms with Crippen LogP contribution in [-0.4, -0.2) is 23.8 Å². The SMILES string of the molecule is CCC(C)C(NC(=O)CCc1ccc2ccccc2c1)C(N)=O.CCC(N)=O. The molecule has 0 saturated carbocycles. The predicted molar refractivity (Wildman–Crippen MR) is 112 cm³/mol. The fourth-order valence-electron chi connectivity index (χ4n) is 2.63. The molecule has 2 atom stereocenters. The van der Waals surface area contributed by atoms with Crippen LogP contribution in [0.3, 0.4) is 0 Å². The molecule has 0 aliphatic heterocycles. The van der Waals surface area contributed by atoms with E-state index in [0.717, 1.165) is 12.0 Å². The van der Waals surface area contributed by atoms with Crippen LogP contribution in [0.5, 0.6) is 0 Å². The van der Waals surface area contributed by atoms with Crippen molar-refractivity contribution in [3.63, 3.8) is 0 Å². The standard InChI is InChI=1S/C19H24N2O2.C3H7NO/c1-3-13(2)18(19(20)23)21-17(22)11-9-14-8-10-15-6-4-5-7-16(15)12-14;1-2-3(4)5/h4-8,10,12-13,18H,3,9,11H2,1-2H3,(H2,20,23)(H,21,22);2H2,1H3,(H2,4,5). The number of primary amides is 2. The maximum Gasteiger partial charge on any atom is 0.240 e. The second-order valence-electron chi connectivity index (χ2n) is 6.83. The first-order valence-corrected chi connectivity index (χ1v) is 9.63. The van der Waals surface area contributed by atoms with Gasteiger partial charge in [-0.05, 0) is 28.7 Å². The van der Waals surface area contributed by atoms with Crippen molar-refractivity contribution in [1.29, 1.82) is 0 Å². The van der Waals surface area contributed by atoms with Crippen LogP contribution >= 0.6 is 0 Å². The summed E-state index contributed by atoms with van der Waals surface area (Å²) in [6.45, 7) is 5.61. The van der Waals surface area contributed by atoms with Crippen molar-refractivity contribution in [1.82, 2.24) is 5.32 Å². The van der Waals surface area contributed by atoms with Crippen LogP contribution < -0.4 is 16.8 Å². The molecule has 3 amide bonds. The fourth-order valence-corrected chi connectivity index (χ4v) is 2.63. The van der Waals surface area contributed by atoms with Gasteiger partial charge in [-0.3, -0.25) is 14.4 Å². The average Bonchev–Trinajstić information content (AvgIpc) is 2.69. The molecule has 5 N–H and O–H groups in total. The van der Waals surface area contributed by atoms with Crippen LogP contribution in [0.2, 0.25) is 0 Å². The summed E-state index contributed by atoms with van der Waals surface area (Å²) in [4.78, 5) is 33.2. The number of rotatable bonds is 8. The van der Waals surface area contributed by atoms with Gasteiger partial charge < -0.3 is 16.8 Å². The molecule has 0 spiro atoms. The first kappa shape index (κ1) is 23.1. The quantitative estimate of drug-likeness (QED) is 0.649. The van der Waals surface area contributed by atoms with Gasteiger partial charge in [0.2, 0.25) is 17.7 Å². The summed E-state index contributed by atoms with van der Waals surface area (Å²) in [7, 11) is 0. The molecular formula is C22H31N3O3. The lowest BCUT2D eigenvalue weighted by molar-refractivity contribution is -0.128. The van der Waals surface area contributed by atoms with Crippen LogP contribution in [0.15, 0.2) is 42.5 Å². The lowest BCUT2D eigenvalue weighted by Gasteiger charge is -2.21. The number of nitrogens with two attached hydrogens (primary N) is 2. The van der Waals surface area contributed by atoms with Gasteiger partial charge in [0, 0.05) is 12.8 Å². The number of carbonyl (C=O) groups excluding carboxylic acids is 3. The summed E-state index contributed by atoms with van der Waals surface area (Å²) in [5.74, 6) is -0.817. The Morgan fingerprint density at radius 3 is 2.14 bits per heavy atom. The summed E-state index contributed by atoms with van der Waals surface area (Å²) in [5, 5.41) is 5.11. The number of nitrogens with one attached hydrogen (secondary N) is 1. The van der Waals surface area contributed by atoms with Gasteiger partial charge in [-0.25, -0.2) is 0 Å². The van der Waals surface area contributed by atoms with Crippen LogP contribution in [-0.2, 0) is 20.8 Å². The number of aryl methyl sites for hydroxylation is 1. The van der Waals surface area contributed by atoms with Gasteiger partial charge in [-0.15, -0.1) is 0 Å². The number of carbonyl (C=O) groups is 3. The Morgan fingerprint density at radius 2 is 1.61 bits per heavy atom. The minimum Gasteiger partial charge on any atom is -0.370 e. The van der Waals surface area contributed by atoms with Crippen molar-refractivity contribution >= 4 is 28.5 Å². The normalized spacial score (nSPS) is 12.4. The van der Waals surface area contributed by atoms with Crippen molar-refractivity contribution in [3.8, 4) is 0 Å². The zero-order chi connectivity index (χ0) is 21.1. The van der Waals surface area contributed by atoms with Crippen LogP contribution in [0.1, 0.15) is 45.6 Å². The highest BCUT2D eigenvalue weighted by molar-refractivity contribution is 5.87. The van der Waals surface area contributed by atoms with Gasteiger partial charge >= 0.3 is 0 Å². The molecule has 2 aromatic carbocycles. The minimum absolute atomic E-state index is 0.0390. The summed E-state index contributed by atoms with van der Waals surface area (Å²) in [6.07, 6.45) is 2.22. The number of amides is 3. The Bertz CT molecular complexity index is 804. The zero-order valence-electron chi connectivity index (χ0n) is 16.9. The second-order valence-corrected chi connectivity index (χ2v) is 6.83. The molecule has 2 aromatic rings. The Balaban J connectivity index is 0.000000696. The van der Waals surface area contributed by atoms with E-state index in [1.54, 1.807) is 6.92 Å². The van der Waals surface area contributed by atoms with Crippen molar-refractivity contribution in [2.45, 2.75) is 52.5 Å². The summed E-state index contributed by atoms with van der Waals surface area (Å²) in [5.41, 5.74) is 11.1. The summed E-state index contributed by atoms with van der Waals surface area (Å²) in [6, 6.07) is 13.7. The van der Waals surface area contributed by atoms with Crippen molar-refractivity contribution in [2.75, 3.05) is 0 Å². The van der Waals surface area contributed by atoms with Gasteiger partial charge in [0.25, 0.3) is 0 Å². The fraction of sp³-hybridized carbons (Fsp3) is 0.409. The third kappa shape index (κ3) is 7.78. The molecule has 6 nitrogen and oxygen atoms in total. The molecule has 2 rings (SSSR count). The van der Waals surface area contributed by atoms with Crippen LogP contribution in [0.4, 0.5) is 0 Å². The maximum atomic E-state index is 12.1. The molecule has 0 aliphatic rings. The highest BCUT2D eigenvalue weighted by atomic mass is 16.2. The van der Waals surface area contributed by atoms with Crippen molar-refractivity contribution in [3.05, 3.63) is 48.0 Å². The summed E-state index contributed by atoms with van der Waals surface area (Å²) >= 11 is 0. The number of benzene rings is 2.